The quantitative estimate of drug-likeness (QED) is 0.800. The Labute approximate surface area is 116 Å². The minimum Gasteiger partial charge on any atom is -0.465 e. The molecule has 0 N–H and O–H groups in total. The van der Waals surface area contributed by atoms with Crippen molar-refractivity contribution in [1.29, 1.82) is 0 Å². The van der Waals surface area contributed by atoms with Crippen LogP contribution in [0.4, 0.5) is 0 Å². The summed E-state index contributed by atoms with van der Waals surface area (Å²) in [6.07, 6.45) is 2.32. The molecule has 1 saturated heterocycles. The Kier molecular flexibility index (Phi) is 4.78. The molecule has 0 unspecified atom stereocenters. The van der Waals surface area contributed by atoms with Crippen molar-refractivity contribution in [2.24, 2.45) is 0 Å². The average Bonchev–Trinajstić information content (AvgIpc) is 2.86. The van der Waals surface area contributed by atoms with Gasteiger partial charge in [0.05, 0.1) is 6.61 Å². The van der Waals surface area contributed by atoms with E-state index in [2.05, 4.69) is 20.8 Å². The van der Waals surface area contributed by atoms with Gasteiger partial charge < -0.3 is 4.74 Å². The summed E-state index contributed by atoms with van der Waals surface area (Å²) in [4.78, 5) is 14.3. The number of benzene rings is 1. The molecule has 1 fully saturated rings. The maximum Gasteiger partial charge on any atom is 0.327 e. The molecule has 98 valence electrons. The molecular formula is C14H18BrNO2. The normalized spacial score (nSPS) is 17.7. The van der Waals surface area contributed by atoms with Gasteiger partial charge in [0.2, 0.25) is 0 Å². The number of likely N-dealkylation sites (tertiary alicyclic amines) is 1. The molecule has 1 aliphatic rings. The summed E-state index contributed by atoms with van der Waals surface area (Å²) < 4.78 is 6.23. The van der Waals surface area contributed by atoms with E-state index in [4.69, 9.17) is 4.74 Å². The highest BCUT2D eigenvalue weighted by Gasteiger charge is 2.30. The van der Waals surface area contributed by atoms with Gasteiger partial charge in [-0.3, -0.25) is 4.90 Å². The van der Waals surface area contributed by atoms with Crippen molar-refractivity contribution in [3.63, 3.8) is 0 Å². The minimum atomic E-state index is -0.249. The van der Waals surface area contributed by atoms with Crippen LogP contribution in [0.15, 0.2) is 28.7 Å². The lowest BCUT2D eigenvalue weighted by molar-refractivity contribution is -0.149. The topological polar surface area (TPSA) is 29.5 Å². The summed E-state index contributed by atoms with van der Waals surface area (Å²) in [5, 5.41) is 0. The third kappa shape index (κ3) is 3.12. The highest BCUT2D eigenvalue weighted by atomic mass is 79.9. The molecule has 0 bridgehead atoms. The summed E-state index contributed by atoms with van der Waals surface area (Å²) in [5.74, 6) is -0.137. The van der Waals surface area contributed by atoms with E-state index < -0.39 is 0 Å². The van der Waals surface area contributed by atoms with E-state index in [0.717, 1.165) is 36.0 Å². The van der Waals surface area contributed by atoms with E-state index in [1.165, 1.54) is 0 Å². The molecule has 1 aromatic rings. The predicted octanol–water partition coefficient (Wildman–Crippen LogP) is 3.15. The number of esters is 1. The molecule has 0 amide bonds. The van der Waals surface area contributed by atoms with E-state index in [1.807, 2.05) is 31.2 Å². The maximum absolute atomic E-state index is 12.1. The Hall–Kier alpha value is -0.870. The predicted molar refractivity (Wildman–Crippen MR) is 74.3 cm³/mol. The van der Waals surface area contributed by atoms with E-state index in [-0.39, 0.29) is 12.0 Å². The van der Waals surface area contributed by atoms with Gasteiger partial charge in [-0.1, -0.05) is 28.1 Å². The largest absolute Gasteiger partial charge is 0.465 e. The number of carbonyl (C=O) groups is 1. The van der Waals surface area contributed by atoms with Crippen LogP contribution in [0, 0.1) is 0 Å². The second-order valence-electron chi connectivity index (χ2n) is 4.45. The Bertz CT molecular complexity index is 399. The van der Waals surface area contributed by atoms with Crippen molar-refractivity contribution in [2.75, 3.05) is 19.7 Å². The highest BCUT2D eigenvalue weighted by molar-refractivity contribution is 9.10. The van der Waals surface area contributed by atoms with Crippen molar-refractivity contribution >= 4 is 21.9 Å². The third-order valence-corrected chi connectivity index (χ3v) is 3.73. The van der Waals surface area contributed by atoms with Crippen LogP contribution in [0.25, 0.3) is 0 Å². The molecule has 0 spiro atoms. The highest BCUT2D eigenvalue weighted by Crippen LogP contribution is 2.27. The fraction of sp³-hybridized carbons (Fsp3) is 0.500. The zero-order valence-electron chi connectivity index (χ0n) is 10.6. The number of nitrogens with zero attached hydrogens (tertiary/aromatic N) is 1. The lowest BCUT2D eigenvalue weighted by Crippen LogP contribution is -2.33. The van der Waals surface area contributed by atoms with Gasteiger partial charge in [-0.05, 0) is 50.6 Å². The molecule has 1 heterocycles. The average molecular weight is 312 g/mol. The minimum absolute atomic E-state index is 0.137. The monoisotopic (exact) mass is 311 g/mol. The van der Waals surface area contributed by atoms with Gasteiger partial charge in [0.15, 0.2) is 0 Å². The maximum atomic E-state index is 12.1. The van der Waals surface area contributed by atoms with Gasteiger partial charge in [0.1, 0.15) is 6.04 Å². The van der Waals surface area contributed by atoms with Crippen molar-refractivity contribution in [1.82, 2.24) is 4.90 Å². The number of halogens is 1. The number of ether oxygens (including phenoxy) is 1. The summed E-state index contributed by atoms with van der Waals surface area (Å²) in [6, 6.07) is 7.67. The van der Waals surface area contributed by atoms with E-state index >= 15 is 0 Å². The first-order valence-corrected chi connectivity index (χ1v) is 7.18. The van der Waals surface area contributed by atoms with Gasteiger partial charge in [0.25, 0.3) is 0 Å². The first-order chi connectivity index (χ1) is 8.72. The van der Waals surface area contributed by atoms with Crippen molar-refractivity contribution in [3.05, 3.63) is 34.3 Å². The zero-order chi connectivity index (χ0) is 13.0. The van der Waals surface area contributed by atoms with Gasteiger partial charge in [0, 0.05) is 4.47 Å². The van der Waals surface area contributed by atoms with Crippen LogP contribution in [-0.2, 0) is 9.53 Å². The second kappa shape index (κ2) is 6.34. The van der Waals surface area contributed by atoms with Gasteiger partial charge in [-0.15, -0.1) is 0 Å². The Morgan fingerprint density at radius 3 is 2.50 bits per heavy atom. The number of hydrogen-bond acceptors (Lipinski definition) is 3. The standard InChI is InChI=1S/C14H18BrNO2/c1-2-18-14(17)13(16-9-3-4-10-16)11-5-7-12(15)8-6-11/h5-8,13H,2-4,9-10H2,1H3/t13-/m1/s1. The first kappa shape index (κ1) is 13.6. The van der Waals surface area contributed by atoms with Crippen molar-refractivity contribution in [2.45, 2.75) is 25.8 Å². The van der Waals surface area contributed by atoms with Crippen molar-refractivity contribution in [3.8, 4) is 0 Å². The Morgan fingerprint density at radius 2 is 1.94 bits per heavy atom. The number of hydrogen-bond donors (Lipinski definition) is 0. The summed E-state index contributed by atoms with van der Waals surface area (Å²) in [5.41, 5.74) is 1.01. The van der Waals surface area contributed by atoms with Crippen LogP contribution >= 0.6 is 15.9 Å². The van der Waals surface area contributed by atoms with Crippen LogP contribution < -0.4 is 0 Å². The van der Waals surface area contributed by atoms with Gasteiger partial charge in [-0.25, -0.2) is 4.79 Å². The number of carbonyl (C=O) groups excluding carboxylic acids is 1. The molecule has 0 saturated carbocycles. The molecule has 1 aliphatic heterocycles. The molecular weight excluding hydrogens is 294 g/mol. The summed E-state index contributed by atoms with van der Waals surface area (Å²) in [7, 11) is 0. The van der Waals surface area contributed by atoms with Crippen LogP contribution in [0.2, 0.25) is 0 Å². The molecule has 0 aliphatic carbocycles. The Balaban J connectivity index is 2.22. The lowest BCUT2D eigenvalue weighted by Gasteiger charge is -2.25. The summed E-state index contributed by atoms with van der Waals surface area (Å²) in [6.45, 7) is 4.22. The second-order valence-corrected chi connectivity index (χ2v) is 5.36. The van der Waals surface area contributed by atoms with Crippen LogP contribution in [0.1, 0.15) is 31.4 Å². The van der Waals surface area contributed by atoms with E-state index in [9.17, 15) is 4.79 Å². The fourth-order valence-corrected chi connectivity index (χ4v) is 2.63. The lowest BCUT2D eigenvalue weighted by atomic mass is 10.1. The van der Waals surface area contributed by atoms with E-state index in [0.29, 0.717) is 6.61 Å². The molecule has 0 radical (unpaired) electrons. The molecule has 0 aromatic heterocycles. The molecule has 18 heavy (non-hydrogen) atoms. The first-order valence-electron chi connectivity index (χ1n) is 6.38. The fourth-order valence-electron chi connectivity index (χ4n) is 2.36. The Morgan fingerprint density at radius 1 is 1.33 bits per heavy atom. The smallest absolute Gasteiger partial charge is 0.327 e. The molecule has 3 nitrogen and oxygen atoms in total. The van der Waals surface area contributed by atoms with Crippen molar-refractivity contribution < 1.29 is 9.53 Å². The van der Waals surface area contributed by atoms with Crippen LogP contribution in [-0.4, -0.2) is 30.6 Å². The van der Waals surface area contributed by atoms with Crippen LogP contribution in [0.3, 0.4) is 0 Å². The van der Waals surface area contributed by atoms with E-state index in [1.54, 1.807) is 0 Å². The zero-order valence-corrected chi connectivity index (χ0v) is 12.1. The molecule has 4 heteroatoms. The third-order valence-electron chi connectivity index (χ3n) is 3.20. The molecule has 1 aromatic carbocycles. The summed E-state index contributed by atoms with van der Waals surface area (Å²) >= 11 is 3.42. The molecule has 1 atom stereocenters. The van der Waals surface area contributed by atoms with Crippen LogP contribution in [0.5, 0.6) is 0 Å². The molecule has 2 rings (SSSR count). The van der Waals surface area contributed by atoms with Gasteiger partial charge in [-0.2, -0.15) is 0 Å². The SMILES string of the molecule is CCOC(=O)[C@@H](c1ccc(Br)cc1)N1CCCC1. The van der Waals surface area contributed by atoms with Gasteiger partial charge >= 0.3 is 5.97 Å². The number of rotatable bonds is 4.